The Kier molecular flexibility index (Phi) is 3.72. The lowest BCUT2D eigenvalue weighted by atomic mass is 10.1. The highest BCUT2D eigenvalue weighted by molar-refractivity contribution is 5.59. The fourth-order valence-electron chi connectivity index (χ4n) is 2.21. The third-order valence-electron chi connectivity index (χ3n) is 3.11. The molecule has 0 aliphatic carbocycles. The predicted octanol–water partition coefficient (Wildman–Crippen LogP) is 3.09. The van der Waals surface area contributed by atoms with E-state index in [-0.39, 0.29) is 0 Å². The maximum absolute atomic E-state index is 8.91. The molecule has 2 aromatic rings. The number of nitrogens with two attached hydrogens (primary N) is 1. The van der Waals surface area contributed by atoms with E-state index in [1.54, 1.807) is 0 Å². The van der Waals surface area contributed by atoms with Crippen molar-refractivity contribution in [2.75, 3.05) is 17.7 Å². The van der Waals surface area contributed by atoms with Crippen LogP contribution < -0.4 is 10.6 Å². The van der Waals surface area contributed by atoms with Crippen molar-refractivity contribution in [3.05, 3.63) is 59.2 Å². The minimum Gasteiger partial charge on any atom is -0.399 e. The largest absolute Gasteiger partial charge is 0.399 e. The van der Waals surface area contributed by atoms with Gasteiger partial charge in [0.25, 0.3) is 0 Å². The van der Waals surface area contributed by atoms with E-state index in [1.807, 2.05) is 56.4 Å². The smallest absolute Gasteiger partial charge is 0.0991 e. The average molecular weight is 251 g/mol. The minimum atomic E-state index is 0.694. The van der Waals surface area contributed by atoms with Crippen LogP contribution in [0.15, 0.2) is 42.5 Å². The lowest BCUT2D eigenvalue weighted by Crippen LogP contribution is -2.17. The molecule has 0 bridgehead atoms. The van der Waals surface area contributed by atoms with Crippen LogP contribution >= 0.6 is 0 Å². The molecule has 0 saturated heterocycles. The number of aryl methyl sites for hydroxylation is 1. The molecule has 0 amide bonds. The van der Waals surface area contributed by atoms with Gasteiger partial charge < -0.3 is 10.6 Å². The predicted molar refractivity (Wildman–Crippen MR) is 78.9 cm³/mol. The minimum absolute atomic E-state index is 0.694. The maximum atomic E-state index is 8.91. The van der Waals surface area contributed by atoms with Gasteiger partial charge in [-0.25, -0.2) is 0 Å². The van der Waals surface area contributed by atoms with E-state index in [0.29, 0.717) is 5.56 Å². The molecule has 0 spiro atoms. The van der Waals surface area contributed by atoms with Gasteiger partial charge in [0.15, 0.2) is 0 Å². The van der Waals surface area contributed by atoms with Crippen LogP contribution in [-0.2, 0) is 6.54 Å². The number of nitriles is 1. The van der Waals surface area contributed by atoms with Gasteiger partial charge in [-0.05, 0) is 48.4 Å². The zero-order valence-electron chi connectivity index (χ0n) is 11.2. The first kappa shape index (κ1) is 13.0. The number of nitrogens with zero attached hydrogens (tertiary/aromatic N) is 2. The Morgan fingerprint density at radius 3 is 2.68 bits per heavy atom. The Balaban J connectivity index is 2.20. The number of hydrogen-bond donors (Lipinski definition) is 1. The molecule has 2 rings (SSSR count). The summed E-state index contributed by atoms with van der Waals surface area (Å²) in [7, 11) is 2.04. The molecule has 3 heteroatoms. The third-order valence-corrected chi connectivity index (χ3v) is 3.11. The molecule has 0 saturated carbocycles. The van der Waals surface area contributed by atoms with Crippen molar-refractivity contribution in [3.63, 3.8) is 0 Å². The van der Waals surface area contributed by atoms with Crippen LogP contribution in [0.1, 0.15) is 16.7 Å². The molecule has 96 valence electrons. The van der Waals surface area contributed by atoms with Crippen molar-refractivity contribution >= 4 is 11.4 Å². The topological polar surface area (TPSA) is 53.0 Å². The first-order valence-corrected chi connectivity index (χ1v) is 6.16. The molecule has 0 fully saturated rings. The van der Waals surface area contributed by atoms with Crippen LogP contribution in [0.2, 0.25) is 0 Å². The van der Waals surface area contributed by atoms with E-state index in [4.69, 9.17) is 11.0 Å². The fourth-order valence-corrected chi connectivity index (χ4v) is 2.21. The van der Waals surface area contributed by atoms with Gasteiger partial charge in [0.2, 0.25) is 0 Å². The second kappa shape index (κ2) is 5.45. The van der Waals surface area contributed by atoms with Gasteiger partial charge in [-0.2, -0.15) is 5.26 Å². The van der Waals surface area contributed by atoms with Crippen molar-refractivity contribution in [2.45, 2.75) is 13.5 Å². The molecule has 2 N–H and O–H groups in total. The second-order valence-electron chi connectivity index (χ2n) is 4.71. The average Bonchev–Trinajstić information content (AvgIpc) is 2.38. The summed E-state index contributed by atoms with van der Waals surface area (Å²) in [5.41, 5.74) is 10.7. The molecule has 3 nitrogen and oxygen atoms in total. The number of hydrogen-bond acceptors (Lipinski definition) is 3. The normalized spacial score (nSPS) is 9.95. The first-order chi connectivity index (χ1) is 9.10. The van der Waals surface area contributed by atoms with E-state index in [2.05, 4.69) is 11.0 Å². The highest BCUT2D eigenvalue weighted by Gasteiger charge is 2.06. The summed E-state index contributed by atoms with van der Waals surface area (Å²) in [6, 6.07) is 15.8. The molecular weight excluding hydrogens is 234 g/mol. The Morgan fingerprint density at radius 2 is 2.00 bits per heavy atom. The van der Waals surface area contributed by atoms with Gasteiger partial charge >= 0.3 is 0 Å². The number of anilines is 2. The maximum Gasteiger partial charge on any atom is 0.0991 e. The quantitative estimate of drug-likeness (QED) is 0.853. The Morgan fingerprint density at radius 1 is 1.21 bits per heavy atom. The van der Waals surface area contributed by atoms with E-state index in [1.165, 1.54) is 0 Å². The first-order valence-electron chi connectivity index (χ1n) is 6.16. The van der Waals surface area contributed by atoms with Crippen molar-refractivity contribution in [3.8, 4) is 6.07 Å². The SMILES string of the molecule is Cc1cc(N)ccc1N(C)Cc1cccc(C#N)c1. The van der Waals surface area contributed by atoms with Crippen molar-refractivity contribution in [1.82, 2.24) is 0 Å². The molecule has 0 atom stereocenters. The summed E-state index contributed by atoms with van der Waals surface area (Å²) >= 11 is 0. The number of rotatable bonds is 3. The highest BCUT2D eigenvalue weighted by Crippen LogP contribution is 2.22. The van der Waals surface area contributed by atoms with Crippen LogP contribution in [0, 0.1) is 18.3 Å². The van der Waals surface area contributed by atoms with Gasteiger partial charge in [0.1, 0.15) is 0 Å². The zero-order chi connectivity index (χ0) is 13.8. The van der Waals surface area contributed by atoms with Crippen LogP contribution in [0.25, 0.3) is 0 Å². The van der Waals surface area contributed by atoms with Gasteiger partial charge in [0, 0.05) is 25.0 Å². The van der Waals surface area contributed by atoms with Crippen molar-refractivity contribution in [1.29, 1.82) is 5.26 Å². The van der Waals surface area contributed by atoms with Crippen molar-refractivity contribution in [2.24, 2.45) is 0 Å². The monoisotopic (exact) mass is 251 g/mol. The van der Waals surface area contributed by atoms with Gasteiger partial charge in [-0.1, -0.05) is 12.1 Å². The lowest BCUT2D eigenvalue weighted by Gasteiger charge is -2.22. The van der Waals surface area contributed by atoms with Gasteiger partial charge in [-0.15, -0.1) is 0 Å². The molecular formula is C16H17N3. The summed E-state index contributed by atoms with van der Waals surface area (Å²) in [6.45, 7) is 2.81. The molecule has 0 aliphatic heterocycles. The molecule has 0 heterocycles. The van der Waals surface area contributed by atoms with Gasteiger partial charge in [-0.3, -0.25) is 0 Å². The van der Waals surface area contributed by atoms with Crippen LogP contribution in [-0.4, -0.2) is 7.05 Å². The molecule has 19 heavy (non-hydrogen) atoms. The molecule has 0 radical (unpaired) electrons. The second-order valence-corrected chi connectivity index (χ2v) is 4.71. The zero-order valence-corrected chi connectivity index (χ0v) is 11.2. The molecule has 2 aromatic carbocycles. The Bertz CT molecular complexity index is 626. The van der Waals surface area contributed by atoms with E-state index >= 15 is 0 Å². The standard InChI is InChI=1S/C16H17N3/c1-12-8-15(18)6-7-16(12)19(2)11-14-5-3-4-13(9-14)10-17/h3-9H,11,18H2,1-2H3. The van der Waals surface area contributed by atoms with Crippen LogP contribution in [0.5, 0.6) is 0 Å². The van der Waals surface area contributed by atoms with Crippen LogP contribution in [0.4, 0.5) is 11.4 Å². The molecule has 0 aliphatic rings. The summed E-state index contributed by atoms with van der Waals surface area (Å²) < 4.78 is 0. The third kappa shape index (κ3) is 3.05. The Labute approximate surface area is 113 Å². The van der Waals surface area contributed by atoms with Crippen molar-refractivity contribution < 1.29 is 0 Å². The summed E-state index contributed by atoms with van der Waals surface area (Å²) in [4.78, 5) is 2.16. The fraction of sp³-hybridized carbons (Fsp3) is 0.188. The number of nitrogen functional groups attached to an aromatic ring is 1. The summed E-state index contributed by atoms with van der Waals surface area (Å²) in [6.07, 6.45) is 0. The Hall–Kier alpha value is -2.47. The van der Waals surface area contributed by atoms with E-state index < -0.39 is 0 Å². The van der Waals surface area contributed by atoms with E-state index in [0.717, 1.165) is 29.0 Å². The summed E-state index contributed by atoms with van der Waals surface area (Å²) in [5, 5.41) is 8.91. The van der Waals surface area contributed by atoms with E-state index in [9.17, 15) is 0 Å². The van der Waals surface area contributed by atoms with Gasteiger partial charge in [0.05, 0.1) is 11.6 Å². The highest BCUT2D eigenvalue weighted by atomic mass is 15.1. The summed E-state index contributed by atoms with van der Waals surface area (Å²) in [5.74, 6) is 0. The lowest BCUT2D eigenvalue weighted by molar-refractivity contribution is 0.917. The van der Waals surface area contributed by atoms with Crippen LogP contribution in [0.3, 0.4) is 0 Å². The number of benzene rings is 2. The molecule has 0 aromatic heterocycles. The molecule has 0 unspecified atom stereocenters.